The molecule has 0 saturated heterocycles. The summed E-state index contributed by atoms with van der Waals surface area (Å²) in [4.78, 5) is 16.0. The Kier molecular flexibility index (Phi) is 4.82. The lowest BCUT2D eigenvalue weighted by molar-refractivity contribution is -0.137. The Labute approximate surface area is 129 Å². The molecule has 0 radical (unpaired) electrons. The van der Waals surface area contributed by atoms with Gasteiger partial charge in [0.25, 0.3) is 5.91 Å². The molecule has 0 fully saturated rings. The molecule has 2 aromatic rings. The van der Waals surface area contributed by atoms with E-state index in [-0.39, 0.29) is 18.3 Å². The standard InChI is InChI=1S/C14H14F3N3OS/c1-8(6-18)19-12(21)11-7-22-13(20-11)9-3-2-4-10(5-9)14(15,16)17/h2-5,7-8H,6,18H2,1H3,(H,19,21)/t8-/m0/s1. The molecule has 1 aromatic heterocycles. The van der Waals surface area contributed by atoms with Crippen molar-refractivity contribution in [2.45, 2.75) is 19.1 Å². The number of carbonyl (C=O) groups is 1. The molecule has 1 atom stereocenters. The van der Waals surface area contributed by atoms with Gasteiger partial charge >= 0.3 is 6.18 Å². The van der Waals surface area contributed by atoms with Gasteiger partial charge in [0.05, 0.1) is 5.56 Å². The van der Waals surface area contributed by atoms with E-state index in [9.17, 15) is 18.0 Å². The SMILES string of the molecule is C[C@@H](CN)NC(=O)c1csc(-c2cccc(C(F)(F)F)c2)n1. The quantitative estimate of drug-likeness (QED) is 0.906. The maximum absolute atomic E-state index is 12.7. The number of amides is 1. The van der Waals surface area contributed by atoms with Crippen LogP contribution in [0.3, 0.4) is 0 Å². The molecule has 118 valence electrons. The van der Waals surface area contributed by atoms with E-state index in [4.69, 9.17) is 5.73 Å². The predicted molar refractivity (Wildman–Crippen MR) is 78.5 cm³/mol. The van der Waals surface area contributed by atoms with Crippen molar-refractivity contribution in [3.05, 3.63) is 40.9 Å². The number of nitrogens with zero attached hydrogens (tertiary/aromatic N) is 1. The highest BCUT2D eigenvalue weighted by Crippen LogP contribution is 2.33. The molecule has 1 amide bonds. The Morgan fingerprint density at radius 1 is 1.45 bits per heavy atom. The van der Waals surface area contributed by atoms with Gasteiger partial charge in [-0.15, -0.1) is 11.3 Å². The number of halogens is 3. The zero-order valence-electron chi connectivity index (χ0n) is 11.6. The van der Waals surface area contributed by atoms with Crippen LogP contribution in [0.2, 0.25) is 0 Å². The van der Waals surface area contributed by atoms with E-state index >= 15 is 0 Å². The van der Waals surface area contributed by atoms with Gasteiger partial charge in [-0.05, 0) is 19.1 Å². The van der Waals surface area contributed by atoms with Crippen LogP contribution in [0.5, 0.6) is 0 Å². The minimum Gasteiger partial charge on any atom is -0.347 e. The molecule has 8 heteroatoms. The van der Waals surface area contributed by atoms with Crippen LogP contribution in [0.1, 0.15) is 23.0 Å². The number of nitrogens with two attached hydrogens (primary N) is 1. The number of thiazole rings is 1. The smallest absolute Gasteiger partial charge is 0.347 e. The van der Waals surface area contributed by atoms with E-state index in [2.05, 4.69) is 10.3 Å². The van der Waals surface area contributed by atoms with Crippen LogP contribution in [-0.4, -0.2) is 23.5 Å². The Balaban J connectivity index is 2.23. The highest BCUT2D eigenvalue weighted by molar-refractivity contribution is 7.13. The average molecular weight is 329 g/mol. The van der Waals surface area contributed by atoms with Gasteiger partial charge in [0, 0.05) is 23.5 Å². The van der Waals surface area contributed by atoms with Crippen LogP contribution in [0, 0.1) is 0 Å². The molecule has 0 aliphatic heterocycles. The largest absolute Gasteiger partial charge is 0.416 e. The first kappa shape index (κ1) is 16.4. The highest BCUT2D eigenvalue weighted by atomic mass is 32.1. The minimum atomic E-state index is -4.41. The molecule has 1 heterocycles. The van der Waals surface area contributed by atoms with Crippen LogP contribution in [0.4, 0.5) is 13.2 Å². The zero-order chi connectivity index (χ0) is 16.3. The summed E-state index contributed by atoms with van der Waals surface area (Å²) in [5, 5.41) is 4.51. The van der Waals surface area contributed by atoms with Gasteiger partial charge in [-0.3, -0.25) is 4.79 Å². The van der Waals surface area contributed by atoms with Gasteiger partial charge in [-0.2, -0.15) is 13.2 Å². The molecule has 0 aliphatic carbocycles. The van der Waals surface area contributed by atoms with E-state index in [0.717, 1.165) is 23.5 Å². The van der Waals surface area contributed by atoms with E-state index in [1.807, 2.05) is 0 Å². The number of rotatable bonds is 4. The molecular weight excluding hydrogens is 315 g/mol. The third-order valence-corrected chi connectivity index (χ3v) is 3.80. The lowest BCUT2D eigenvalue weighted by atomic mass is 10.1. The Morgan fingerprint density at radius 3 is 2.82 bits per heavy atom. The first-order valence-corrected chi connectivity index (χ1v) is 7.33. The van der Waals surface area contributed by atoms with E-state index in [1.54, 1.807) is 6.92 Å². The molecule has 4 nitrogen and oxygen atoms in total. The zero-order valence-corrected chi connectivity index (χ0v) is 12.5. The number of hydrogen-bond donors (Lipinski definition) is 2. The maximum Gasteiger partial charge on any atom is 0.416 e. The van der Waals surface area contributed by atoms with Gasteiger partial charge < -0.3 is 11.1 Å². The summed E-state index contributed by atoms with van der Waals surface area (Å²) in [5.74, 6) is -0.396. The molecule has 1 aromatic carbocycles. The van der Waals surface area contributed by atoms with Gasteiger partial charge in [0.15, 0.2) is 0 Å². The predicted octanol–water partition coefficient (Wildman–Crippen LogP) is 2.91. The van der Waals surface area contributed by atoms with Crippen molar-refractivity contribution in [1.29, 1.82) is 0 Å². The van der Waals surface area contributed by atoms with Gasteiger partial charge in [0.1, 0.15) is 10.7 Å². The number of aromatic nitrogens is 1. The van der Waals surface area contributed by atoms with E-state index < -0.39 is 17.6 Å². The van der Waals surface area contributed by atoms with Gasteiger partial charge in [0.2, 0.25) is 0 Å². The fourth-order valence-electron chi connectivity index (χ4n) is 1.70. The summed E-state index contributed by atoms with van der Waals surface area (Å²) < 4.78 is 38.1. The Hall–Kier alpha value is -1.93. The van der Waals surface area contributed by atoms with Crippen molar-refractivity contribution in [3.63, 3.8) is 0 Å². The van der Waals surface area contributed by atoms with Crippen LogP contribution < -0.4 is 11.1 Å². The lowest BCUT2D eigenvalue weighted by Crippen LogP contribution is -2.37. The number of hydrogen-bond acceptors (Lipinski definition) is 4. The Morgan fingerprint density at radius 2 is 2.18 bits per heavy atom. The molecule has 2 rings (SSSR count). The summed E-state index contributed by atoms with van der Waals surface area (Å²) in [6.45, 7) is 2.04. The van der Waals surface area contributed by atoms with Crippen molar-refractivity contribution in [2.24, 2.45) is 5.73 Å². The van der Waals surface area contributed by atoms with Crippen LogP contribution >= 0.6 is 11.3 Å². The molecule has 0 bridgehead atoms. The van der Waals surface area contributed by atoms with Crippen molar-refractivity contribution in [2.75, 3.05) is 6.54 Å². The lowest BCUT2D eigenvalue weighted by Gasteiger charge is -2.09. The van der Waals surface area contributed by atoms with Crippen LogP contribution in [0.15, 0.2) is 29.6 Å². The second-order valence-corrected chi connectivity index (χ2v) is 5.58. The van der Waals surface area contributed by atoms with Crippen molar-refractivity contribution in [1.82, 2.24) is 10.3 Å². The number of nitrogens with one attached hydrogen (secondary N) is 1. The monoisotopic (exact) mass is 329 g/mol. The van der Waals surface area contributed by atoms with Crippen molar-refractivity contribution < 1.29 is 18.0 Å². The second kappa shape index (κ2) is 6.45. The normalized spacial score (nSPS) is 13.0. The minimum absolute atomic E-state index is 0.165. The number of alkyl halides is 3. The molecule has 0 saturated carbocycles. The van der Waals surface area contributed by atoms with Crippen LogP contribution in [-0.2, 0) is 6.18 Å². The van der Waals surface area contributed by atoms with E-state index in [1.165, 1.54) is 17.5 Å². The highest BCUT2D eigenvalue weighted by Gasteiger charge is 2.30. The van der Waals surface area contributed by atoms with Crippen molar-refractivity contribution in [3.8, 4) is 10.6 Å². The summed E-state index contributed by atoms with van der Waals surface area (Å²) in [6, 6.07) is 4.65. The molecule has 0 unspecified atom stereocenters. The topological polar surface area (TPSA) is 68.0 Å². The summed E-state index contributed by atoms with van der Waals surface area (Å²) in [5.41, 5.74) is 5.16. The first-order valence-electron chi connectivity index (χ1n) is 6.45. The molecule has 0 aliphatic rings. The molecular formula is C14H14F3N3OS. The first-order chi connectivity index (χ1) is 10.3. The Bertz CT molecular complexity index is 669. The molecule has 3 N–H and O–H groups in total. The summed E-state index contributed by atoms with van der Waals surface area (Å²) >= 11 is 1.11. The summed E-state index contributed by atoms with van der Waals surface area (Å²) in [6.07, 6.45) is -4.41. The summed E-state index contributed by atoms with van der Waals surface area (Å²) in [7, 11) is 0. The van der Waals surface area contributed by atoms with Crippen LogP contribution in [0.25, 0.3) is 10.6 Å². The maximum atomic E-state index is 12.7. The third kappa shape index (κ3) is 3.83. The van der Waals surface area contributed by atoms with Gasteiger partial charge in [-0.1, -0.05) is 12.1 Å². The fourth-order valence-corrected chi connectivity index (χ4v) is 2.49. The molecule has 0 spiro atoms. The van der Waals surface area contributed by atoms with E-state index in [0.29, 0.717) is 10.6 Å². The van der Waals surface area contributed by atoms with Gasteiger partial charge in [-0.25, -0.2) is 4.98 Å². The van der Waals surface area contributed by atoms with Crippen molar-refractivity contribution >= 4 is 17.2 Å². The number of carbonyl (C=O) groups excluding carboxylic acids is 1. The average Bonchev–Trinajstić information content (AvgIpc) is 2.96. The molecule has 22 heavy (non-hydrogen) atoms. The number of benzene rings is 1. The fraction of sp³-hybridized carbons (Fsp3) is 0.286. The third-order valence-electron chi connectivity index (χ3n) is 2.90. The second-order valence-electron chi connectivity index (χ2n) is 4.73.